The van der Waals surface area contributed by atoms with E-state index in [9.17, 15) is 8.42 Å². The Morgan fingerprint density at radius 3 is 3.00 bits per heavy atom. The van der Waals surface area contributed by atoms with Gasteiger partial charge < -0.3 is 0 Å². The fourth-order valence-electron chi connectivity index (χ4n) is 2.75. The Morgan fingerprint density at radius 1 is 1.48 bits per heavy atom. The largest absolute Gasteiger partial charge is 0.262 e. The van der Waals surface area contributed by atoms with E-state index in [1.807, 2.05) is 12.3 Å². The van der Waals surface area contributed by atoms with E-state index in [1.54, 1.807) is 27.9 Å². The van der Waals surface area contributed by atoms with Crippen molar-refractivity contribution in [3.05, 3.63) is 44.8 Å². The van der Waals surface area contributed by atoms with E-state index in [-0.39, 0.29) is 10.9 Å². The fourth-order valence-corrected chi connectivity index (χ4v) is 5.87. The summed E-state index contributed by atoms with van der Waals surface area (Å²) < 4.78 is 28.1. The lowest BCUT2D eigenvalue weighted by atomic mass is 10.0. The van der Waals surface area contributed by atoms with Crippen LogP contribution in [-0.2, 0) is 16.4 Å². The lowest BCUT2D eigenvalue weighted by Crippen LogP contribution is -2.39. The minimum absolute atomic E-state index is 0.0796. The van der Waals surface area contributed by atoms with Crippen molar-refractivity contribution in [2.45, 2.75) is 30.7 Å². The average Bonchev–Trinajstić information content (AvgIpc) is 2.94. The minimum Gasteiger partial charge on any atom is -0.262 e. The summed E-state index contributed by atoms with van der Waals surface area (Å²) in [4.78, 5) is 5.53. The summed E-state index contributed by atoms with van der Waals surface area (Å²) in [5, 5.41) is 2.05. The van der Waals surface area contributed by atoms with Gasteiger partial charge in [0.25, 0.3) is 0 Å². The third-order valence-corrected chi connectivity index (χ3v) is 7.02. The van der Waals surface area contributed by atoms with E-state index in [4.69, 9.17) is 0 Å². The van der Waals surface area contributed by atoms with E-state index in [2.05, 4.69) is 27.0 Å². The maximum Gasteiger partial charge on any atom is 0.245 e. The summed E-state index contributed by atoms with van der Waals surface area (Å²) >= 11 is 5.00. The second-order valence-electron chi connectivity index (χ2n) is 4.93. The number of pyridine rings is 1. The highest BCUT2D eigenvalue weighted by Crippen LogP contribution is 2.38. The van der Waals surface area contributed by atoms with Gasteiger partial charge in [-0.1, -0.05) is 6.92 Å². The molecule has 2 aromatic rings. The molecule has 3 heterocycles. The predicted molar refractivity (Wildman–Crippen MR) is 86.9 cm³/mol. The van der Waals surface area contributed by atoms with Crippen molar-refractivity contribution in [1.82, 2.24) is 9.29 Å². The van der Waals surface area contributed by atoms with Gasteiger partial charge in [-0.3, -0.25) is 4.98 Å². The van der Waals surface area contributed by atoms with Crippen molar-refractivity contribution in [3.8, 4) is 0 Å². The van der Waals surface area contributed by atoms with Gasteiger partial charge in [0.2, 0.25) is 10.0 Å². The summed E-state index contributed by atoms with van der Waals surface area (Å²) in [5.74, 6) is 0. The molecule has 0 radical (unpaired) electrons. The van der Waals surface area contributed by atoms with Crippen molar-refractivity contribution >= 4 is 37.3 Å². The van der Waals surface area contributed by atoms with Gasteiger partial charge in [-0.25, -0.2) is 8.42 Å². The molecule has 0 aliphatic carbocycles. The molecule has 4 nitrogen and oxygen atoms in total. The number of sulfonamides is 1. The van der Waals surface area contributed by atoms with Crippen LogP contribution < -0.4 is 0 Å². The number of rotatable bonds is 3. The zero-order chi connectivity index (χ0) is 15.0. The first-order valence-corrected chi connectivity index (χ1v) is 9.84. The number of aromatic nitrogens is 1. The monoisotopic (exact) mass is 386 g/mol. The van der Waals surface area contributed by atoms with Gasteiger partial charge in [-0.2, -0.15) is 4.31 Å². The number of halogens is 1. The van der Waals surface area contributed by atoms with Crippen LogP contribution in [0.1, 0.15) is 29.8 Å². The summed E-state index contributed by atoms with van der Waals surface area (Å²) in [7, 11) is -3.52. The van der Waals surface area contributed by atoms with Crippen molar-refractivity contribution in [2.24, 2.45) is 0 Å². The van der Waals surface area contributed by atoms with Crippen LogP contribution in [0.15, 0.2) is 39.3 Å². The van der Waals surface area contributed by atoms with Gasteiger partial charge in [0.15, 0.2) is 0 Å². The van der Waals surface area contributed by atoms with E-state index < -0.39 is 10.0 Å². The van der Waals surface area contributed by atoms with Crippen LogP contribution in [0.5, 0.6) is 0 Å². The van der Waals surface area contributed by atoms with E-state index in [0.717, 1.165) is 18.4 Å². The quantitative estimate of drug-likeness (QED) is 0.809. The molecule has 2 aromatic heterocycles. The van der Waals surface area contributed by atoms with Gasteiger partial charge in [-0.15, -0.1) is 11.3 Å². The van der Waals surface area contributed by atoms with E-state index >= 15 is 0 Å². The van der Waals surface area contributed by atoms with Gasteiger partial charge in [0.05, 0.1) is 6.04 Å². The van der Waals surface area contributed by atoms with Gasteiger partial charge >= 0.3 is 0 Å². The summed E-state index contributed by atoms with van der Waals surface area (Å²) in [6.45, 7) is 2.56. The molecule has 0 bridgehead atoms. The SMILES string of the molecule is CCC1c2ccsc2CCN1S(=O)(=O)c1cncc(Br)c1. The van der Waals surface area contributed by atoms with Crippen LogP contribution in [0.3, 0.4) is 0 Å². The molecule has 1 unspecified atom stereocenters. The second-order valence-corrected chi connectivity index (χ2v) is 8.73. The van der Waals surface area contributed by atoms with E-state index in [0.29, 0.717) is 11.0 Å². The topological polar surface area (TPSA) is 50.3 Å². The molecule has 1 aliphatic heterocycles. The number of hydrogen-bond acceptors (Lipinski definition) is 4. The van der Waals surface area contributed by atoms with E-state index in [1.165, 1.54) is 11.1 Å². The number of nitrogens with zero attached hydrogens (tertiary/aromatic N) is 2. The smallest absolute Gasteiger partial charge is 0.245 e. The first kappa shape index (κ1) is 15.1. The molecule has 0 fully saturated rings. The van der Waals surface area contributed by atoms with Gasteiger partial charge in [-0.05, 0) is 51.8 Å². The number of thiophene rings is 1. The van der Waals surface area contributed by atoms with Crippen LogP contribution in [0.25, 0.3) is 0 Å². The normalized spacial score (nSPS) is 19.4. The summed E-state index contributed by atoms with van der Waals surface area (Å²) in [6.07, 6.45) is 4.55. The number of fused-ring (bicyclic) bond motifs is 1. The molecular formula is C14H15BrN2O2S2. The zero-order valence-electron chi connectivity index (χ0n) is 11.5. The molecular weight excluding hydrogens is 372 g/mol. The molecule has 0 saturated heterocycles. The Kier molecular flexibility index (Phi) is 4.18. The molecule has 7 heteroatoms. The molecule has 0 N–H and O–H groups in total. The van der Waals surface area contributed by atoms with Gasteiger partial charge in [0, 0.05) is 28.3 Å². The van der Waals surface area contributed by atoms with Crippen molar-refractivity contribution in [1.29, 1.82) is 0 Å². The zero-order valence-corrected chi connectivity index (χ0v) is 14.7. The van der Waals surface area contributed by atoms with Crippen LogP contribution in [0, 0.1) is 0 Å². The molecule has 112 valence electrons. The molecule has 0 amide bonds. The second kappa shape index (κ2) is 5.79. The molecule has 1 aliphatic rings. The molecule has 21 heavy (non-hydrogen) atoms. The first-order valence-electron chi connectivity index (χ1n) is 6.72. The molecule has 0 aromatic carbocycles. The maximum atomic E-state index is 12.9. The third kappa shape index (κ3) is 2.67. The molecule has 0 spiro atoms. The number of hydrogen-bond donors (Lipinski definition) is 0. The standard InChI is InChI=1S/C14H15BrN2O2S2/c1-2-13-12-4-6-20-14(12)3-5-17(13)21(18,19)11-7-10(15)8-16-9-11/h4,6-9,13H,2-3,5H2,1H3. The van der Waals surface area contributed by atoms with Crippen molar-refractivity contribution in [3.63, 3.8) is 0 Å². The van der Waals surface area contributed by atoms with Crippen molar-refractivity contribution in [2.75, 3.05) is 6.54 Å². The maximum absolute atomic E-state index is 12.9. The van der Waals surface area contributed by atoms with Crippen LogP contribution in [0.4, 0.5) is 0 Å². The fraction of sp³-hybridized carbons (Fsp3) is 0.357. The predicted octanol–water partition coefficient (Wildman–Crippen LogP) is 3.60. The highest BCUT2D eigenvalue weighted by atomic mass is 79.9. The Morgan fingerprint density at radius 2 is 2.29 bits per heavy atom. The minimum atomic E-state index is -3.52. The molecule has 3 rings (SSSR count). The summed E-state index contributed by atoms with van der Waals surface area (Å²) in [5.41, 5.74) is 1.15. The van der Waals surface area contributed by atoms with Crippen LogP contribution in [0.2, 0.25) is 0 Å². The highest BCUT2D eigenvalue weighted by molar-refractivity contribution is 9.10. The first-order chi connectivity index (χ1) is 10.0. The van der Waals surface area contributed by atoms with Crippen LogP contribution in [-0.4, -0.2) is 24.3 Å². The highest BCUT2D eigenvalue weighted by Gasteiger charge is 2.36. The van der Waals surface area contributed by atoms with Gasteiger partial charge in [0.1, 0.15) is 4.90 Å². The van der Waals surface area contributed by atoms with Crippen LogP contribution >= 0.6 is 27.3 Å². The van der Waals surface area contributed by atoms with Crippen molar-refractivity contribution < 1.29 is 8.42 Å². The Balaban J connectivity index is 2.03. The summed E-state index contributed by atoms with van der Waals surface area (Å²) in [6, 6.07) is 3.58. The Bertz CT molecular complexity index is 758. The molecule has 0 saturated carbocycles. The average molecular weight is 387 g/mol. The Labute approximate surface area is 137 Å². The lowest BCUT2D eigenvalue weighted by Gasteiger charge is -2.34. The molecule has 1 atom stereocenters. The third-order valence-electron chi connectivity index (χ3n) is 3.72. The Hall–Kier alpha value is -0.760. The lowest BCUT2D eigenvalue weighted by molar-refractivity contribution is 0.303.